The lowest BCUT2D eigenvalue weighted by Crippen LogP contribution is -2.17. The van der Waals surface area contributed by atoms with Crippen molar-refractivity contribution in [3.8, 4) is 22.9 Å². The van der Waals surface area contributed by atoms with E-state index in [-0.39, 0.29) is 0 Å². The first kappa shape index (κ1) is 17.9. The van der Waals surface area contributed by atoms with E-state index in [4.69, 9.17) is 14.0 Å². The Bertz CT molecular complexity index is 813. The summed E-state index contributed by atoms with van der Waals surface area (Å²) in [6.45, 7) is 3.97. The van der Waals surface area contributed by atoms with E-state index in [2.05, 4.69) is 27.2 Å². The molecule has 0 aliphatic heterocycles. The lowest BCUT2D eigenvalue weighted by molar-refractivity contribution is 0.261. The van der Waals surface area contributed by atoms with Crippen LogP contribution in [0.25, 0.3) is 11.4 Å². The summed E-state index contributed by atoms with van der Waals surface area (Å²) in [4.78, 5) is 6.61. The van der Waals surface area contributed by atoms with Gasteiger partial charge < -0.3 is 14.0 Å². The summed E-state index contributed by atoms with van der Waals surface area (Å²) >= 11 is 0. The second-order valence-corrected chi connectivity index (χ2v) is 5.99. The van der Waals surface area contributed by atoms with Crippen LogP contribution in [-0.2, 0) is 13.1 Å². The molecule has 3 aromatic rings. The lowest BCUT2D eigenvalue weighted by atomic mass is 10.2. The maximum absolute atomic E-state index is 5.45. The van der Waals surface area contributed by atoms with Gasteiger partial charge in [0.2, 0.25) is 11.7 Å². The Balaban J connectivity index is 1.60. The monoisotopic (exact) mass is 353 g/mol. The first-order chi connectivity index (χ1) is 12.7. The number of aromatic nitrogens is 2. The molecule has 0 saturated carbocycles. The normalized spacial score (nSPS) is 10.9. The fraction of sp³-hybridized carbons (Fsp3) is 0.300. The minimum atomic E-state index is 0.579. The fourth-order valence-corrected chi connectivity index (χ4v) is 2.63. The maximum atomic E-state index is 5.45. The molecule has 26 heavy (non-hydrogen) atoms. The molecule has 0 spiro atoms. The zero-order valence-electron chi connectivity index (χ0n) is 15.3. The number of ether oxygens (including phenoxy) is 2. The third-order valence-corrected chi connectivity index (χ3v) is 3.91. The third-order valence-electron chi connectivity index (χ3n) is 3.91. The average Bonchev–Trinajstić information content (AvgIpc) is 3.11. The minimum Gasteiger partial charge on any atom is -0.497 e. The number of nitrogens with zero attached hydrogens (tertiary/aromatic N) is 3. The van der Waals surface area contributed by atoms with Gasteiger partial charge in [-0.1, -0.05) is 17.3 Å². The topological polar surface area (TPSA) is 60.6 Å². The van der Waals surface area contributed by atoms with E-state index in [0.717, 1.165) is 23.6 Å². The highest BCUT2D eigenvalue weighted by Crippen LogP contribution is 2.20. The van der Waals surface area contributed by atoms with Gasteiger partial charge in [-0.05, 0) is 55.9 Å². The van der Waals surface area contributed by atoms with Gasteiger partial charge in [0.25, 0.3) is 0 Å². The summed E-state index contributed by atoms with van der Waals surface area (Å²) in [6.07, 6.45) is 0. The summed E-state index contributed by atoms with van der Waals surface area (Å²) in [6, 6.07) is 15.7. The van der Waals surface area contributed by atoms with Crippen LogP contribution in [0.15, 0.2) is 53.1 Å². The summed E-state index contributed by atoms with van der Waals surface area (Å²) < 4.78 is 16.0. The van der Waals surface area contributed by atoms with Crippen molar-refractivity contribution < 1.29 is 14.0 Å². The van der Waals surface area contributed by atoms with Crippen LogP contribution in [0, 0.1) is 0 Å². The van der Waals surface area contributed by atoms with Crippen molar-refractivity contribution in [1.29, 1.82) is 0 Å². The van der Waals surface area contributed by atoms with Gasteiger partial charge in [-0.25, -0.2) is 0 Å². The lowest BCUT2D eigenvalue weighted by Gasteiger charge is -2.14. The second kappa shape index (κ2) is 8.49. The van der Waals surface area contributed by atoms with E-state index in [1.54, 1.807) is 7.11 Å². The molecule has 0 amide bonds. The molecule has 1 heterocycles. The molecule has 0 radical (unpaired) electrons. The molecule has 0 atom stereocenters. The number of hydrogen-bond acceptors (Lipinski definition) is 6. The van der Waals surface area contributed by atoms with E-state index in [0.29, 0.717) is 24.9 Å². The first-order valence-electron chi connectivity index (χ1n) is 8.55. The van der Waals surface area contributed by atoms with Gasteiger partial charge in [0, 0.05) is 12.1 Å². The largest absolute Gasteiger partial charge is 0.497 e. The van der Waals surface area contributed by atoms with Crippen LogP contribution in [0.2, 0.25) is 0 Å². The van der Waals surface area contributed by atoms with Crippen molar-refractivity contribution in [2.75, 3.05) is 20.8 Å². The van der Waals surface area contributed by atoms with E-state index >= 15 is 0 Å². The molecule has 0 fully saturated rings. The number of hydrogen-bond donors (Lipinski definition) is 0. The van der Waals surface area contributed by atoms with Gasteiger partial charge >= 0.3 is 0 Å². The highest BCUT2D eigenvalue weighted by atomic mass is 16.5. The third kappa shape index (κ3) is 4.61. The predicted molar refractivity (Wildman–Crippen MR) is 99.1 cm³/mol. The van der Waals surface area contributed by atoms with Gasteiger partial charge in [0.15, 0.2) is 0 Å². The fourth-order valence-electron chi connectivity index (χ4n) is 2.63. The molecular formula is C20H23N3O3. The van der Waals surface area contributed by atoms with Crippen LogP contribution in [0.4, 0.5) is 0 Å². The zero-order chi connectivity index (χ0) is 18.4. The molecule has 0 saturated heterocycles. The minimum absolute atomic E-state index is 0.579. The Hall–Kier alpha value is -2.86. The Morgan fingerprint density at radius 2 is 1.65 bits per heavy atom. The molecule has 6 nitrogen and oxygen atoms in total. The summed E-state index contributed by atoms with van der Waals surface area (Å²) in [7, 11) is 3.68. The van der Waals surface area contributed by atoms with Crippen LogP contribution >= 0.6 is 0 Å². The highest BCUT2D eigenvalue weighted by Gasteiger charge is 2.11. The molecule has 0 aliphatic rings. The van der Waals surface area contributed by atoms with Crippen molar-refractivity contribution in [1.82, 2.24) is 15.0 Å². The highest BCUT2D eigenvalue weighted by molar-refractivity contribution is 5.55. The molecule has 1 aromatic heterocycles. The molecule has 2 aromatic carbocycles. The van der Waals surface area contributed by atoms with Crippen LogP contribution < -0.4 is 9.47 Å². The van der Waals surface area contributed by atoms with Crippen molar-refractivity contribution in [2.24, 2.45) is 0 Å². The molecule has 6 heteroatoms. The van der Waals surface area contributed by atoms with Gasteiger partial charge in [-0.15, -0.1) is 0 Å². The van der Waals surface area contributed by atoms with Crippen LogP contribution in [0.3, 0.4) is 0 Å². The molecule has 0 aliphatic carbocycles. The van der Waals surface area contributed by atoms with Crippen LogP contribution in [-0.4, -0.2) is 35.8 Å². The number of benzene rings is 2. The number of rotatable bonds is 8. The van der Waals surface area contributed by atoms with Crippen molar-refractivity contribution in [3.05, 3.63) is 60.0 Å². The Labute approximate surface area is 153 Å². The standard InChI is InChI=1S/C20H23N3O3/c1-4-25-18-11-7-16(8-12-18)20-21-19(26-22-20)14-23(2)13-15-5-9-17(24-3)10-6-15/h5-12H,4,13-14H2,1-3H3. The number of methoxy groups -OCH3 is 1. The zero-order valence-corrected chi connectivity index (χ0v) is 15.3. The van der Waals surface area contributed by atoms with Crippen LogP contribution in [0.1, 0.15) is 18.4 Å². The average molecular weight is 353 g/mol. The van der Waals surface area contributed by atoms with Gasteiger partial charge in [-0.3, -0.25) is 4.90 Å². The SMILES string of the molecule is CCOc1ccc(-c2noc(CN(C)Cc3ccc(OC)cc3)n2)cc1. The Kier molecular flexibility index (Phi) is 5.86. The van der Waals surface area contributed by atoms with Crippen molar-refractivity contribution >= 4 is 0 Å². The summed E-state index contributed by atoms with van der Waals surface area (Å²) in [5, 5.41) is 4.07. The molecule has 136 valence electrons. The van der Waals surface area contributed by atoms with E-state index in [9.17, 15) is 0 Å². The van der Waals surface area contributed by atoms with Gasteiger partial charge in [-0.2, -0.15) is 4.98 Å². The molecule has 0 N–H and O–H groups in total. The second-order valence-electron chi connectivity index (χ2n) is 5.99. The Morgan fingerprint density at radius 1 is 0.962 bits per heavy atom. The molecular weight excluding hydrogens is 330 g/mol. The smallest absolute Gasteiger partial charge is 0.241 e. The maximum Gasteiger partial charge on any atom is 0.241 e. The van der Waals surface area contributed by atoms with E-state index < -0.39 is 0 Å². The van der Waals surface area contributed by atoms with E-state index in [1.807, 2.05) is 50.4 Å². The molecule has 3 rings (SSSR count). The van der Waals surface area contributed by atoms with Crippen LogP contribution in [0.5, 0.6) is 11.5 Å². The quantitative estimate of drug-likeness (QED) is 0.614. The van der Waals surface area contributed by atoms with Gasteiger partial charge in [0.05, 0.1) is 20.3 Å². The molecule has 0 unspecified atom stereocenters. The van der Waals surface area contributed by atoms with Crippen molar-refractivity contribution in [2.45, 2.75) is 20.0 Å². The van der Waals surface area contributed by atoms with E-state index in [1.165, 1.54) is 5.56 Å². The molecule has 0 bridgehead atoms. The summed E-state index contributed by atoms with van der Waals surface area (Å²) in [5.41, 5.74) is 2.10. The summed E-state index contributed by atoms with van der Waals surface area (Å²) in [5.74, 6) is 2.86. The van der Waals surface area contributed by atoms with Gasteiger partial charge in [0.1, 0.15) is 11.5 Å². The Morgan fingerprint density at radius 3 is 2.31 bits per heavy atom. The first-order valence-corrected chi connectivity index (χ1v) is 8.55. The predicted octanol–water partition coefficient (Wildman–Crippen LogP) is 3.78. The van der Waals surface area contributed by atoms with Crippen molar-refractivity contribution in [3.63, 3.8) is 0 Å².